The lowest BCUT2D eigenvalue weighted by atomic mass is 10.1. The van der Waals surface area contributed by atoms with E-state index in [9.17, 15) is 0 Å². The van der Waals surface area contributed by atoms with E-state index in [2.05, 4.69) is 15.5 Å². The summed E-state index contributed by atoms with van der Waals surface area (Å²) in [6, 6.07) is 0.517. The Morgan fingerprint density at radius 2 is 2.57 bits per heavy atom. The lowest BCUT2D eigenvalue weighted by molar-refractivity contribution is 0.151. The Morgan fingerprint density at radius 3 is 3.29 bits per heavy atom. The standard InChI is InChI=1S/C9H15N3O2/c1-13-6-9-11-8(12-14-9)5-7-3-2-4-10-7/h7,10H,2-6H2,1H3. The molecule has 5 heteroatoms. The highest BCUT2D eigenvalue weighted by Crippen LogP contribution is 2.10. The lowest BCUT2D eigenvalue weighted by Gasteiger charge is -2.04. The Morgan fingerprint density at radius 1 is 1.64 bits per heavy atom. The van der Waals surface area contributed by atoms with Gasteiger partial charge in [0.05, 0.1) is 0 Å². The number of ether oxygens (including phenoxy) is 1. The Bertz CT molecular complexity index is 281. The minimum absolute atomic E-state index is 0.394. The molecule has 1 aliphatic heterocycles. The van der Waals surface area contributed by atoms with Gasteiger partial charge in [-0.05, 0) is 19.4 Å². The van der Waals surface area contributed by atoms with E-state index in [0.717, 1.165) is 18.8 Å². The van der Waals surface area contributed by atoms with Crippen LogP contribution in [0.5, 0.6) is 0 Å². The number of nitrogens with zero attached hydrogens (tertiary/aromatic N) is 2. The molecule has 1 atom stereocenters. The summed E-state index contributed by atoms with van der Waals surface area (Å²) in [5.41, 5.74) is 0. The van der Waals surface area contributed by atoms with E-state index in [-0.39, 0.29) is 0 Å². The number of methoxy groups -OCH3 is 1. The fraction of sp³-hybridized carbons (Fsp3) is 0.778. The largest absolute Gasteiger partial charge is 0.375 e. The van der Waals surface area contributed by atoms with E-state index in [4.69, 9.17) is 9.26 Å². The molecule has 1 aromatic heterocycles. The highest BCUT2D eigenvalue weighted by Gasteiger charge is 2.17. The minimum Gasteiger partial charge on any atom is -0.375 e. The van der Waals surface area contributed by atoms with E-state index in [1.54, 1.807) is 7.11 Å². The molecule has 0 aliphatic carbocycles. The van der Waals surface area contributed by atoms with Crippen LogP contribution < -0.4 is 5.32 Å². The van der Waals surface area contributed by atoms with Crippen LogP contribution in [0.4, 0.5) is 0 Å². The van der Waals surface area contributed by atoms with Gasteiger partial charge in [0.25, 0.3) is 5.89 Å². The molecule has 0 aromatic carbocycles. The second-order valence-electron chi connectivity index (χ2n) is 3.53. The van der Waals surface area contributed by atoms with Crippen LogP contribution in [-0.4, -0.2) is 29.8 Å². The van der Waals surface area contributed by atoms with Crippen molar-refractivity contribution in [3.63, 3.8) is 0 Å². The van der Waals surface area contributed by atoms with Crippen molar-refractivity contribution < 1.29 is 9.26 Å². The molecule has 0 radical (unpaired) electrons. The van der Waals surface area contributed by atoms with Gasteiger partial charge < -0.3 is 14.6 Å². The molecule has 1 saturated heterocycles. The van der Waals surface area contributed by atoms with Gasteiger partial charge in [-0.2, -0.15) is 4.98 Å². The molecule has 0 bridgehead atoms. The minimum atomic E-state index is 0.394. The molecular weight excluding hydrogens is 182 g/mol. The maximum atomic E-state index is 5.00. The smallest absolute Gasteiger partial charge is 0.252 e. The summed E-state index contributed by atoms with van der Waals surface area (Å²) in [6.45, 7) is 1.50. The Kier molecular flexibility index (Phi) is 3.10. The van der Waals surface area contributed by atoms with E-state index in [0.29, 0.717) is 18.5 Å². The second-order valence-corrected chi connectivity index (χ2v) is 3.53. The molecule has 1 aliphatic rings. The van der Waals surface area contributed by atoms with Crippen LogP contribution >= 0.6 is 0 Å². The summed E-state index contributed by atoms with van der Waals surface area (Å²) >= 11 is 0. The highest BCUT2D eigenvalue weighted by atomic mass is 16.5. The molecular formula is C9H15N3O2. The molecule has 2 rings (SSSR count). The molecule has 78 valence electrons. The van der Waals surface area contributed by atoms with Crippen molar-refractivity contribution in [3.8, 4) is 0 Å². The van der Waals surface area contributed by atoms with Crippen molar-refractivity contribution in [2.24, 2.45) is 0 Å². The SMILES string of the molecule is COCc1nc(CC2CCCN2)no1. The summed E-state index contributed by atoms with van der Waals surface area (Å²) in [5, 5.41) is 7.29. The lowest BCUT2D eigenvalue weighted by Crippen LogP contribution is -2.24. The van der Waals surface area contributed by atoms with E-state index < -0.39 is 0 Å². The summed E-state index contributed by atoms with van der Waals surface area (Å²) < 4.78 is 9.90. The first-order valence-electron chi connectivity index (χ1n) is 4.92. The molecule has 14 heavy (non-hydrogen) atoms. The maximum Gasteiger partial charge on any atom is 0.252 e. The Hall–Kier alpha value is -0.940. The monoisotopic (exact) mass is 197 g/mol. The molecule has 1 fully saturated rings. The predicted molar refractivity (Wildman–Crippen MR) is 49.7 cm³/mol. The van der Waals surface area contributed by atoms with Crippen molar-refractivity contribution in [2.45, 2.75) is 31.9 Å². The summed E-state index contributed by atoms with van der Waals surface area (Å²) in [7, 11) is 1.61. The zero-order chi connectivity index (χ0) is 9.80. The topological polar surface area (TPSA) is 60.2 Å². The fourth-order valence-corrected chi connectivity index (χ4v) is 1.71. The third-order valence-corrected chi connectivity index (χ3v) is 2.37. The van der Waals surface area contributed by atoms with Crippen LogP contribution in [0.1, 0.15) is 24.6 Å². The quantitative estimate of drug-likeness (QED) is 0.762. The molecule has 1 aromatic rings. The van der Waals surface area contributed by atoms with Crippen LogP contribution in [0, 0.1) is 0 Å². The van der Waals surface area contributed by atoms with Crippen molar-refractivity contribution >= 4 is 0 Å². The van der Waals surface area contributed by atoms with Crippen molar-refractivity contribution in [1.82, 2.24) is 15.5 Å². The molecule has 1 unspecified atom stereocenters. The number of rotatable bonds is 4. The van der Waals surface area contributed by atoms with E-state index in [1.807, 2.05) is 0 Å². The number of aromatic nitrogens is 2. The van der Waals surface area contributed by atoms with Gasteiger partial charge >= 0.3 is 0 Å². The molecule has 0 spiro atoms. The first kappa shape index (κ1) is 9.61. The van der Waals surface area contributed by atoms with Crippen molar-refractivity contribution in [3.05, 3.63) is 11.7 Å². The van der Waals surface area contributed by atoms with Crippen molar-refractivity contribution in [1.29, 1.82) is 0 Å². The van der Waals surface area contributed by atoms with Gasteiger partial charge in [0.2, 0.25) is 0 Å². The second kappa shape index (κ2) is 4.52. The zero-order valence-corrected chi connectivity index (χ0v) is 8.32. The number of hydrogen-bond donors (Lipinski definition) is 1. The molecule has 0 amide bonds. The van der Waals surface area contributed by atoms with Gasteiger partial charge in [0.15, 0.2) is 5.82 Å². The highest BCUT2D eigenvalue weighted by molar-refractivity contribution is 4.91. The average molecular weight is 197 g/mol. The molecule has 1 N–H and O–H groups in total. The summed E-state index contributed by atoms with van der Waals surface area (Å²) in [4.78, 5) is 4.22. The number of nitrogens with one attached hydrogen (secondary N) is 1. The summed E-state index contributed by atoms with van der Waals surface area (Å²) in [6.07, 6.45) is 3.30. The van der Waals surface area contributed by atoms with Gasteiger partial charge in [-0.3, -0.25) is 0 Å². The maximum absolute atomic E-state index is 5.00. The van der Waals surface area contributed by atoms with Crippen LogP contribution in [0.15, 0.2) is 4.52 Å². The average Bonchev–Trinajstić information content (AvgIpc) is 2.79. The Balaban J connectivity index is 1.88. The van der Waals surface area contributed by atoms with Gasteiger partial charge in [0, 0.05) is 19.6 Å². The third kappa shape index (κ3) is 2.30. The first-order chi connectivity index (χ1) is 6.88. The predicted octanol–water partition coefficient (Wildman–Crippen LogP) is 0.510. The van der Waals surface area contributed by atoms with Gasteiger partial charge in [-0.15, -0.1) is 0 Å². The molecule has 5 nitrogen and oxygen atoms in total. The third-order valence-electron chi connectivity index (χ3n) is 2.37. The molecule has 2 heterocycles. The van der Waals surface area contributed by atoms with Crippen LogP contribution in [-0.2, 0) is 17.8 Å². The van der Waals surface area contributed by atoms with Gasteiger partial charge in [-0.25, -0.2) is 0 Å². The van der Waals surface area contributed by atoms with E-state index >= 15 is 0 Å². The summed E-state index contributed by atoms with van der Waals surface area (Å²) in [5.74, 6) is 1.33. The zero-order valence-electron chi connectivity index (χ0n) is 8.32. The Labute approximate surface area is 82.8 Å². The van der Waals surface area contributed by atoms with Gasteiger partial charge in [0.1, 0.15) is 6.61 Å². The molecule has 0 saturated carbocycles. The normalized spacial score (nSPS) is 21.6. The van der Waals surface area contributed by atoms with Crippen LogP contribution in [0.2, 0.25) is 0 Å². The first-order valence-corrected chi connectivity index (χ1v) is 4.92. The van der Waals surface area contributed by atoms with Crippen molar-refractivity contribution in [2.75, 3.05) is 13.7 Å². The van der Waals surface area contributed by atoms with Gasteiger partial charge in [-0.1, -0.05) is 5.16 Å². The van der Waals surface area contributed by atoms with E-state index in [1.165, 1.54) is 12.8 Å². The fourth-order valence-electron chi connectivity index (χ4n) is 1.71. The van der Waals surface area contributed by atoms with Crippen LogP contribution in [0.25, 0.3) is 0 Å². The van der Waals surface area contributed by atoms with Crippen LogP contribution in [0.3, 0.4) is 0 Å². The number of hydrogen-bond acceptors (Lipinski definition) is 5.